The minimum absolute atomic E-state index is 0.448. The summed E-state index contributed by atoms with van der Waals surface area (Å²) in [5, 5.41) is 3.40. The first-order valence-electron chi connectivity index (χ1n) is 4.87. The second-order valence-corrected chi connectivity index (χ2v) is 4.70. The van der Waals surface area contributed by atoms with E-state index >= 15 is 0 Å². The molecule has 1 N–H and O–H groups in total. The Morgan fingerprint density at radius 2 is 2.21 bits per heavy atom. The summed E-state index contributed by atoms with van der Waals surface area (Å²) in [6.45, 7) is 6.63. The number of aromatic nitrogens is 2. The van der Waals surface area contributed by atoms with Crippen LogP contribution in [-0.4, -0.2) is 16.0 Å². The smallest absolute Gasteiger partial charge is 0.143 e. The molecule has 0 bridgehead atoms. The van der Waals surface area contributed by atoms with Gasteiger partial charge in [0.25, 0.3) is 0 Å². The monoisotopic (exact) mass is 305 g/mol. The molecule has 2 atom stereocenters. The van der Waals surface area contributed by atoms with Crippen molar-refractivity contribution in [3.8, 4) is 0 Å². The van der Waals surface area contributed by atoms with Crippen molar-refractivity contribution in [3.05, 3.63) is 16.1 Å². The van der Waals surface area contributed by atoms with Gasteiger partial charge < -0.3 is 5.32 Å². The molecule has 1 heterocycles. The highest BCUT2D eigenvalue weighted by Crippen LogP contribution is 2.17. The first-order valence-corrected chi connectivity index (χ1v) is 5.95. The molecule has 0 aliphatic rings. The molecule has 1 rings (SSSR count). The number of hydrogen-bond donors (Lipinski definition) is 1. The minimum Gasteiger partial charge on any atom is -0.366 e. The zero-order chi connectivity index (χ0) is 10.6. The van der Waals surface area contributed by atoms with E-state index in [4.69, 9.17) is 0 Å². The van der Waals surface area contributed by atoms with Crippen LogP contribution in [0.25, 0.3) is 0 Å². The van der Waals surface area contributed by atoms with Crippen LogP contribution in [0.5, 0.6) is 0 Å². The summed E-state index contributed by atoms with van der Waals surface area (Å²) in [5.74, 6) is 1.59. The van der Waals surface area contributed by atoms with Gasteiger partial charge in [0.05, 0.1) is 3.57 Å². The largest absolute Gasteiger partial charge is 0.366 e. The number of nitrogens with zero attached hydrogens (tertiary/aromatic N) is 2. The number of rotatable bonds is 4. The highest BCUT2D eigenvalue weighted by Gasteiger charge is 2.11. The van der Waals surface area contributed by atoms with E-state index in [9.17, 15) is 0 Å². The van der Waals surface area contributed by atoms with Crippen LogP contribution in [0.15, 0.2) is 12.5 Å². The highest BCUT2D eigenvalue weighted by molar-refractivity contribution is 14.1. The Bertz CT molecular complexity index is 290. The predicted octanol–water partition coefficient (Wildman–Crippen LogP) is 2.93. The van der Waals surface area contributed by atoms with Gasteiger partial charge in [-0.25, -0.2) is 9.97 Å². The summed E-state index contributed by atoms with van der Waals surface area (Å²) in [6.07, 6.45) is 4.57. The third-order valence-corrected chi connectivity index (χ3v) is 3.32. The van der Waals surface area contributed by atoms with Gasteiger partial charge in [-0.05, 0) is 35.4 Å². The number of anilines is 1. The Morgan fingerprint density at radius 1 is 1.50 bits per heavy atom. The maximum absolute atomic E-state index is 4.21. The average Bonchev–Trinajstić information content (AvgIpc) is 2.20. The molecule has 0 saturated heterocycles. The molecule has 0 amide bonds. The molecule has 14 heavy (non-hydrogen) atoms. The summed E-state index contributed by atoms with van der Waals surface area (Å²) >= 11 is 2.24. The van der Waals surface area contributed by atoms with Crippen LogP contribution in [-0.2, 0) is 0 Å². The van der Waals surface area contributed by atoms with Gasteiger partial charge in [0.15, 0.2) is 0 Å². The van der Waals surface area contributed by atoms with Gasteiger partial charge in [-0.15, -0.1) is 0 Å². The fraction of sp³-hybridized carbons (Fsp3) is 0.600. The molecule has 4 heteroatoms. The lowest BCUT2D eigenvalue weighted by Gasteiger charge is -2.20. The van der Waals surface area contributed by atoms with Gasteiger partial charge >= 0.3 is 0 Å². The van der Waals surface area contributed by atoms with E-state index in [0.29, 0.717) is 12.0 Å². The maximum atomic E-state index is 4.21. The molecule has 0 aliphatic heterocycles. The lowest BCUT2D eigenvalue weighted by atomic mass is 10.0. The van der Waals surface area contributed by atoms with Gasteiger partial charge in [0.1, 0.15) is 12.1 Å². The molecule has 78 valence electrons. The van der Waals surface area contributed by atoms with Crippen molar-refractivity contribution in [2.24, 2.45) is 5.92 Å². The topological polar surface area (TPSA) is 37.8 Å². The van der Waals surface area contributed by atoms with Crippen molar-refractivity contribution in [3.63, 3.8) is 0 Å². The van der Waals surface area contributed by atoms with Crippen LogP contribution in [0.1, 0.15) is 27.2 Å². The lowest BCUT2D eigenvalue weighted by molar-refractivity contribution is 0.493. The van der Waals surface area contributed by atoms with Crippen molar-refractivity contribution in [1.29, 1.82) is 0 Å². The molecule has 2 unspecified atom stereocenters. The maximum Gasteiger partial charge on any atom is 0.143 e. The summed E-state index contributed by atoms with van der Waals surface area (Å²) in [6, 6.07) is 0.448. The van der Waals surface area contributed by atoms with E-state index in [0.717, 1.165) is 9.39 Å². The van der Waals surface area contributed by atoms with E-state index in [-0.39, 0.29) is 0 Å². The SMILES string of the molecule is CCC(C)C(C)Nc1ncncc1I. The van der Waals surface area contributed by atoms with Crippen LogP contribution >= 0.6 is 22.6 Å². The Labute approximate surface area is 98.9 Å². The first kappa shape index (κ1) is 11.7. The predicted molar refractivity (Wildman–Crippen MR) is 67.3 cm³/mol. The summed E-state index contributed by atoms with van der Waals surface area (Å²) in [7, 11) is 0. The van der Waals surface area contributed by atoms with Crippen molar-refractivity contribution in [2.45, 2.75) is 33.2 Å². The number of halogens is 1. The quantitative estimate of drug-likeness (QED) is 0.869. The van der Waals surface area contributed by atoms with Gasteiger partial charge in [-0.3, -0.25) is 0 Å². The average molecular weight is 305 g/mol. The Morgan fingerprint density at radius 3 is 2.79 bits per heavy atom. The van der Waals surface area contributed by atoms with Gasteiger partial charge in [-0.1, -0.05) is 20.3 Å². The standard InChI is InChI=1S/C10H16IN3/c1-4-7(2)8(3)14-10-9(11)5-12-6-13-10/h5-8H,4H2,1-3H3,(H,12,13,14). The van der Waals surface area contributed by atoms with Crippen molar-refractivity contribution in [1.82, 2.24) is 9.97 Å². The molecule has 0 spiro atoms. The van der Waals surface area contributed by atoms with E-state index in [2.05, 4.69) is 58.6 Å². The molecule has 0 aliphatic carbocycles. The summed E-state index contributed by atoms with van der Waals surface area (Å²) in [5.41, 5.74) is 0. The van der Waals surface area contributed by atoms with Gasteiger partial charge in [-0.2, -0.15) is 0 Å². The first-order chi connectivity index (χ1) is 6.65. The Hall–Kier alpha value is -0.390. The van der Waals surface area contributed by atoms with E-state index in [1.165, 1.54) is 6.42 Å². The molecule has 1 aromatic rings. The fourth-order valence-corrected chi connectivity index (χ4v) is 1.59. The number of hydrogen-bond acceptors (Lipinski definition) is 3. The summed E-state index contributed by atoms with van der Waals surface area (Å²) in [4.78, 5) is 8.16. The second kappa shape index (κ2) is 5.48. The molecule has 0 radical (unpaired) electrons. The lowest BCUT2D eigenvalue weighted by Crippen LogP contribution is -2.24. The van der Waals surface area contributed by atoms with Crippen LogP contribution < -0.4 is 5.32 Å². The van der Waals surface area contributed by atoms with Gasteiger partial charge in [0.2, 0.25) is 0 Å². The fourth-order valence-electron chi connectivity index (χ4n) is 1.13. The van der Waals surface area contributed by atoms with Gasteiger partial charge in [0, 0.05) is 12.2 Å². The van der Waals surface area contributed by atoms with Crippen LogP contribution in [0, 0.1) is 9.49 Å². The minimum atomic E-state index is 0.448. The Balaban J connectivity index is 2.64. The third kappa shape index (κ3) is 3.08. The van der Waals surface area contributed by atoms with Crippen molar-refractivity contribution >= 4 is 28.4 Å². The van der Waals surface area contributed by atoms with E-state index in [1.807, 2.05) is 6.20 Å². The molecular weight excluding hydrogens is 289 g/mol. The van der Waals surface area contributed by atoms with Crippen LogP contribution in [0.3, 0.4) is 0 Å². The number of nitrogens with one attached hydrogen (secondary N) is 1. The normalized spacial score (nSPS) is 14.9. The van der Waals surface area contributed by atoms with Crippen LogP contribution in [0.2, 0.25) is 0 Å². The van der Waals surface area contributed by atoms with E-state index < -0.39 is 0 Å². The zero-order valence-electron chi connectivity index (χ0n) is 8.79. The van der Waals surface area contributed by atoms with Crippen molar-refractivity contribution < 1.29 is 0 Å². The zero-order valence-corrected chi connectivity index (χ0v) is 10.9. The van der Waals surface area contributed by atoms with Crippen molar-refractivity contribution in [2.75, 3.05) is 5.32 Å². The second-order valence-electron chi connectivity index (χ2n) is 3.54. The Kier molecular flexibility index (Phi) is 4.57. The molecule has 0 aromatic carbocycles. The van der Waals surface area contributed by atoms with E-state index in [1.54, 1.807) is 6.33 Å². The molecular formula is C10H16IN3. The summed E-state index contributed by atoms with van der Waals surface area (Å²) < 4.78 is 1.07. The molecule has 0 saturated carbocycles. The van der Waals surface area contributed by atoms with Crippen LogP contribution in [0.4, 0.5) is 5.82 Å². The molecule has 1 aromatic heterocycles. The highest BCUT2D eigenvalue weighted by atomic mass is 127. The molecule has 3 nitrogen and oxygen atoms in total. The molecule has 0 fully saturated rings. The third-order valence-electron chi connectivity index (χ3n) is 2.53.